The average Bonchev–Trinajstić information content (AvgIpc) is 2.73. The molecule has 0 radical (unpaired) electrons. The number of amides is 1. The summed E-state index contributed by atoms with van der Waals surface area (Å²) >= 11 is 0. The van der Waals surface area contributed by atoms with Gasteiger partial charge in [0.15, 0.2) is 5.96 Å². The summed E-state index contributed by atoms with van der Waals surface area (Å²) in [4.78, 5) is 18.4. The molecule has 0 bridgehead atoms. The molecule has 5 nitrogen and oxygen atoms in total. The monoisotopic (exact) mass is 385 g/mol. The Kier molecular flexibility index (Phi) is 4.80. The number of nitrogens with zero attached hydrogens (tertiary/aromatic N) is 2. The van der Waals surface area contributed by atoms with Crippen LogP contribution in [0.1, 0.15) is 18.9 Å². The van der Waals surface area contributed by atoms with Crippen molar-refractivity contribution in [3.8, 4) is 22.6 Å². The highest BCUT2D eigenvalue weighted by Gasteiger charge is 2.36. The maximum atomic E-state index is 12.4. The summed E-state index contributed by atoms with van der Waals surface area (Å²) in [6.07, 6.45) is 0.274. The van der Waals surface area contributed by atoms with Gasteiger partial charge < -0.3 is 10.5 Å². The number of benzene rings is 3. The van der Waals surface area contributed by atoms with Crippen LogP contribution in [0.2, 0.25) is 0 Å². The fourth-order valence-electron chi connectivity index (χ4n) is 3.51. The third-order valence-corrected chi connectivity index (χ3v) is 5.23. The predicted octanol–water partition coefficient (Wildman–Crippen LogP) is 4.54. The van der Waals surface area contributed by atoms with Crippen LogP contribution in [-0.2, 0) is 10.3 Å². The lowest BCUT2D eigenvalue weighted by atomic mass is 9.86. The second-order valence-electron chi connectivity index (χ2n) is 7.37. The van der Waals surface area contributed by atoms with Crippen LogP contribution in [0, 0.1) is 0 Å². The molecule has 3 aromatic carbocycles. The maximum Gasteiger partial charge on any atom is 0.231 e. The summed E-state index contributed by atoms with van der Waals surface area (Å²) in [6, 6.07) is 25.7. The number of carbonyl (C=O) groups is 1. The van der Waals surface area contributed by atoms with Crippen molar-refractivity contribution in [3.63, 3.8) is 0 Å². The molecule has 146 valence electrons. The Morgan fingerprint density at radius 2 is 1.72 bits per heavy atom. The molecule has 1 unspecified atom stereocenters. The second-order valence-corrected chi connectivity index (χ2v) is 7.37. The van der Waals surface area contributed by atoms with Crippen molar-refractivity contribution in [2.45, 2.75) is 18.9 Å². The molecule has 4 rings (SSSR count). The number of hydrogen-bond acceptors (Lipinski definition) is 4. The highest BCUT2D eigenvalue weighted by Crippen LogP contribution is 2.38. The van der Waals surface area contributed by atoms with Crippen LogP contribution in [0.15, 0.2) is 83.9 Å². The van der Waals surface area contributed by atoms with Gasteiger partial charge in [-0.2, -0.15) is 0 Å². The molecule has 1 amide bonds. The minimum atomic E-state index is -0.696. The summed E-state index contributed by atoms with van der Waals surface area (Å²) in [5, 5.41) is 0. The fourth-order valence-corrected chi connectivity index (χ4v) is 3.51. The van der Waals surface area contributed by atoms with Crippen molar-refractivity contribution in [3.05, 3.63) is 84.4 Å². The van der Waals surface area contributed by atoms with Gasteiger partial charge in [-0.25, -0.2) is 4.99 Å². The van der Waals surface area contributed by atoms with E-state index >= 15 is 0 Å². The SMILES string of the molecule is CN1C(=O)CC(C)(c2cccc(-c3ccccc3Oc3ccccc3)c2)N=C1N. The number of para-hydroxylation sites is 2. The van der Waals surface area contributed by atoms with Gasteiger partial charge in [-0.1, -0.05) is 54.6 Å². The van der Waals surface area contributed by atoms with Gasteiger partial charge in [0, 0.05) is 12.6 Å². The van der Waals surface area contributed by atoms with Crippen LogP contribution >= 0.6 is 0 Å². The van der Waals surface area contributed by atoms with Gasteiger partial charge in [0.2, 0.25) is 5.91 Å². The summed E-state index contributed by atoms with van der Waals surface area (Å²) in [5.41, 5.74) is 8.19. The Morgan fingerprint density at radius 1 is 1.00 bits per heavy atom. The van der Waals surface area contributed by atoms with E-state index < -0.39 is 5.54 Å². The largest absolute Gasteiger partial charge is 0.457 e. The summed E-state index contributed by atoms with van der Waals surface area (Å²) < 4.78 is 6.11. The Balaban J connectivity index is 1.73. The first-order valence-corrected chi connectivity index (χ1v) is 9.51. The molecule has 0 aromatic heterocycles. The van der Waals surface area contributed by atoms with Crippen LogP contribution in [0.4, 0.5) is 0 Å². The molecule has 29 heavy (non-hydrogen) atoms. The number of ether oxygens (including phenoxy) is 1. The average molecular weight is 385 g/mol. The molecular weight excluding hydrogens is 362 g/mol. The Bertz CT molecular complexity index is 1080. The molecule has 1 heterocycles. The van der Waals surface area contributed by atoms with Crippen molar-refractivity contribution < 1.29 is 9.53 Å². The third-order valence-electron chi connectivity index (χ3n) is 5.23. The smallest absolute Gasteiger partial charge is 0.231 e. The van der Waals surface area contributed by atoms with Gasteiger partial charge in [-0.05, 0) is 42.3 Å². The second kappa shape index (κ2) is 7.43. The van der Waals surface area contributed by atoms with Crippen LogP contribution < -0.4 is 10.5 Å². The van der Waals surface area contributed by atoms with Crippen LogP contribution in [0.5, 0.6) is 11.5 Å². The first kappa shape index (κ1) is 18.7. The van der Waals surface area contributed by atoms with Crippen molar-refractivity contribution in [2.24, 2.45) is 10.7 Å². The van der Waals surface area contributed by atoms with Crippen molar-refractivity contribution in [2.75, 3.05) is 7.05 Å². The van der Waals surface area contributed by atoms with E-state index in [4.69, 9.17) is 10.5 Å². The molecule has 0 saturated heterocycles. The van der Waals surface area contributed by atoms with Crippen LogP contribution in [0.3, 0.4) is 0 Å². The van der Waals surface area contributed by atoms with Gasteiger partial charge in [-0.15, -0.1) is 0 Å². The molecule has 2 N–H and O–H groups in total. The van der Waals surface area contributed by atoms with Gasteiger partial charge in [-0.3, -0.25) is 9.69 Å². The van der Waals surface area contributed by atoms with Crippen LogP contribution in [-0.4, -0.2) is 23.8 Å². The van der Waals surface area contributed by atoms with Gasteiger partial charge in [0.1, 0.15) is 11.5 Å². The lowest BCUT2D eigenvalue weighted by Crippen LogP contribution is -2.47. The molecule has 3 aromatic rings. The molecule has 1 aliphatic heterocycles. The summed E-state index contributed by atoms with van der Waals surface area (Å²) in [6.45, 7) is 1.94. The van der Waals surface area contributed by atoms with Crippen molar-refractivity contribution in [1.82, 2.24) is 4.90 Å². The zero-order valence-corrected chi connectivity index (χ0v) is 16.5. The molecule has 1 aliphatic rings. The maximum absolute atomic E-state index is 12.4. The molecule has 0 aliphatic carbocycles. The normalized spacial score (nSPS) is 19.0. The Morgan fingerprint density at radius 3 is 2.48 bits per heavy atom. The van der Waals surface area contributed by atoms with Crippen LogP contribution in [0.25, 0.3) is 11.1 Å². The number of hydrogen-bond donors (Lipinski definition) is 1. The van der Waals surface area contributed by atoms with Crippen molar-refractivity contribution in [1.29, 1.82) is 0 Å². The zero-order chi connectivity index (χ0) is 20.4. The number of guanidine groups is 1. The minimum absolute atomic E-state index is 0.0433. The zero-order valence-electron chi connectivity index (χ0n) is 16.5. The van der Waals surface area contributed by atoms with E-state index in [0.29, 0.717) is 0 Å². The molecule has 0 spiro atoms. The molecule has 1 atom stereocenters. The van der Waals surface area contributed by atoms with E-state index in [-0.39, 0.29) is 18.3 Å². The van der Waals surface area contributed by atoms with Crippen molar-refractivity contribution >= 4 is 11.9 Å². The lowest BCUT2D eigenvalue weighted by molar-refractivity contribution is -0.128. The number of rotatable bonds is 4. The Labute approximate surface area is 170 Å². The third kappa shape index (κ3) is 3.72. The minimum Gasteiger partial charge on any atom is -0.457 e. The van der Waals surface area contributed by atoms with Gasteiger partial charge >= 0.3 is 0 Å². The number of nitrogens with two attached hydrogens (primary N) is 1. The molecule has 5 heteroatoms. The molecule has 0 fully saturated rings. The van der Waals surface area contributed by atoms with E-state index in [1.165, 1.54) is 4.90 Å². The first-order valence-electron chi connectivity index (χ1n) is 9.51. The standard InChI is InChI=1S/C24H23N3O2/c1-24(16-22(28)27(2)23(25)26-24)18-10-8-9-17(15-18)20-13-6-7-14-21(20)29-19-11-4-3-5-12-19/h3-15H,16H2,1-2H3,(H2,25,26). The van der Waals surface area contributed by atoms with Gasteiger partial charge in [0.25, 0.3) is 0 Å². The molecular formula is C24H23N3O2. The quantitative estimate of drug-likeness (QED) is 0.717. The Hall–Kier alpha value is -3.60. The molecule has 0 saturated carbocycles. The highest BCUT2D eigenvalue weighted by atomic mass is 16.5. The summed E-state index contributed by atoms with van der Waals surface area (Å²) in [7, 11) is 1.65. The lowest BCUT2D eigenvalue weighted by Gasteiger charge is -2.33. The van der Waals surface area contributed by atoms with E-state index in [9.17, 15) is 4.79 Å². The summed E-state index contributed by atoms with van der Waals surface area (Å²) in [5.74, 6) is 1.74. The van der Waals surface area contributed by atoms with E-state index in [0.717, 1.165) is 28.2 Å². The fraction of sp³-hybridized carbons (Fsp3) is 0.167. The van der Waals surface area contributed by atoms with E-state index in [1.807, 2.05) is 79.7 Å². The van der Waals surface area contributed by atoms with E-state index in [1.54, 1.807) is 7.05 Å². The highest BCUT2D eigenvalue weighted by molar-refractivity contribution is 5.98. The van der Waals surface area contributed by atoms with E-state index in [2.05, 4.69) is 11.1 Å². The van der Waals surface area contributed by atoms with Gasteiger partial charge in [0.05, 0.1) is 12.0 Å². The first-order chi connectivity index (χ1) is 14.0. The predicted molar refractivity (Wildman–Crippen MR) is 115 cm³/mol. The topological polar surface area (TPSA) is 67.9 Å². The number of carbonyl (C=O) groups excluding carboxylic acids is 1. The number of aliphatic imine (C=N–C) groups is 1.